The summed E-state index contributed by atoms with van der Waals surface area (Å²) in [5.41, 5.74) is 0.621. The summed E-state index contributed by atoms with van der Waals surface area (Å²) in [6.07, 6.45) is 1.69. The summed E-state index contributed by atoms with van der Waals surface area (Å²) in [7, 11) is 0. The molecule has 0 saturated carbocycles. The maximum atomic E-state index is 12.7. The van der Waals surface area contributed by atoms with Gasteiger partial charge in [0, 0.05) is 19.0 Å². The molecule has 144 valence electrons. The molecule has 28 heavy (non-hydrogen) atoms. The molecule has 2 aliphatic rings. The van der Waals surface area contributed by atoms with E-state index in [1.807, 2.05) is 30.3 Å². The Hall–Kier alpha value is -2.95. The topological polar surface area (TPSA) is 95.7 Å². The molecule has 0 aliphatic carbocycles. The van der Waals surface area contributed by atoms with Crippen molar-refractivity contribution in [1.29, 1.82) is 5.26 Å². The average Bonchev–Trinajstić information content (AvgIpc) is 2.72. The highest BCUT2D eigenvalue weighted by Crippen LogP contribution is 2.40. The zero-order valence-electron chi connectivity index (χ0n) is 15.3. The van der Waals surface area contributed by atoms with E-state index in [0.29, 0.717) is 24.5 Å². The average molecular weight is 379 g/mol. The molecule has 0 radical (unpaired) electrons. The van der Waals surface area contributed by atoms with Crippen LogP contribution in [0, 0.1) is 11.3 Å². The maximum absolute atomic E-state index is 12.7. The van der Waals surface area contributed by atoms with Crippen LogP contribution in [0.1, 0.15) is 29.7 Å². The minimum atomic E-state index is -1.21. The van der Waals surface area contributed by atoms with Crippen molar-refractivity contribution in [1.82, 2.24) is 9.88 Å². The molecule has 1 aromatic heterocycles. The van der Waals surface area contributed by atoms with Gasteiger partial charge in [0.1, 0.15) is 12.2 Å². The van der Waals surface area contributed by atoms with Crippen LogP contribution >= 0.6 is 0 Å². The van der Waals surface area contributed by atoms with Gasteiger partial charge < -0.3 is 14.6 Å². The third-order valence-corrected chi connectivity index (χ3v) is 5.34. The molecule has 0 spiro atoms. The molecule has 3 heterocycles. The molecule has 1 amide bonds. The number of nitrogens with zero attached hydrogens (tertiary/aromatic N) is 3. The van der Waals surface area contributed by atoms with E-state index in [1.165, 1.54) is 6.20 Å². The number of ether oxygens (including phenoxy) is 2. The normalized spacial score (nSPS) is 26.4. The van der Waals surface area contributed by atoms with Crippen molar-refractivity contribution in [3.8, 4) is 6.07 Å². The van der Waals surface area contributed by atoms with Gasteiger partial charge >= 0.3 is 6.09 Å². The van der Waals surface area contributed by atoms with Crippen molar-refractivity contribution in [2.75, 3.05) is 13.2 Å². The smallest absolute Gasteiger partial charge is 0.410 e. The molecule has 2 unspecified atom stereocenters. The number of hydrogen-bond acceptors (Lipinski definition) is 6. The number of aliphatic hydroxyl groups is 1. The predicted octanol–water partition coefficient (Wildman–Crippen LogP) is 2.34. The number of piperidine rings is 1. The molecule has 1 aromatic carbocycles. The van der Waals surface area contributed by atoms with Crippen LogP contribution in [0.25, 0.3) is 0 Å². The lowest BCUT2D eigenvalue weighted by Crippen LogP contribution is -2.62. The van der Waals surface area contributed by atoms with E-state index in [-0.39, 0.29) is 31.5 Å². The second-order valence-corrected chi connectivity index (χ2v) is 7.27. The Balaban J connectivity index is 1.50. The number of pyridine rings is 1. The van der Waals surface area contributed by atoms with Gasteiger partial charge in [0.05, 0.1) is 42.6 Å². The van der Waals surface area contributed by atoms with Crippen LogP contribution in [0.4, 0.5) is 4.79 Å². The van der Waals surface area contributed by atoms with Gasteiger partial charge in [-0.05, 0) is 17.7 Å². The lowest BCUT2D eigenvalue weighted by Gasteiger charge is -2.50. The quantitative estimate of drug-likeness (QED) is 0.879. The number of rotatable bonds is 3. The van der Waals surface area contributed by atoms with Crippen molar-refractivity contribution >= 4 is 6.09 Å². The Morgan fingerprint density at radius 3 is 2.68 bits per heavy atom. The summed E-state index contributed by atoms with van der Waals surface area (Å²) in [4.78, 5) is 18.7. The SMILES string of the molecule is N#Cc1ccnc(C2(O)CC3COCC(C2)N3C(=O)OCc2ccccc2)c1. The molecular weight excluding hydrogens is 358 g/mol. The Kier molecular flexibility index (Phi) is 4.99. The number of carbonyl (C=O) groups excluding carboxylic acids is 1. The summed E-state index contributed by atoms with van der Waals surface area (Å²) in [6, 6.07) is 14.2. The number of morpholine rings is 1. The molecule has 2 aliphatic heterocycles. The first-order valence-corrected chi connectivity index (χ1v) is 9.25. The van der Waals surface area contributed by atoms with Gasteiger partial charge in [0.25, 0.3) is 0 Å². The molecule has 2 fully saturated rings. The Morgan fingerprint density at radius 1 is 1.29 bits per heavy atom. The van der Waals surface area contributed by atoms with E-state index < -0.39 is 11.7 Å². The van der Waals surface area contributed by atoms with E-state index in [2.05, 4.69) is 11.1 Å². The molecule has 7 nitrogen and oxygen atoms in total. The van der Waals surface area contributed by atoms with Gasteiger partial charge in [-0.1, -0.05) is 30.3 Å². The maximum Gasteiger partial charge on any atom is 0.410 e. The molecule has 4 rings (SSSR count). The third-order valence-electron chi connectivity index (χ3n) is 5.34. The van der Waals surface area contributed by atoms with Gasteiger partial charge in [0.2, 0.25) is 0 Å². The summed E-state index contributed by atoms with van der Waals surface area (Å²) in [6.45, 7) is 0.862. The monoisotopic (exact) mass is 379 g/mol. The Labute approximate surface area is 163 Å². The molecule has 1 N–H and O–H groups in total. The second-order valence-electron chi connectivity index (χ2n) is 7.27. The summed E-state index contributed by atoms with van der Waals surface area (Å²) >= 11 is 0. The molecule has 2 aromatic rings. The van der Waals surface area contributed by atoms with E-state index >= 15 is 0 Å². The van der Waals surface area contributed by atoms with Crippen molar-refractivity contribution in [3.05, 3.63) is 65.5 Å². The molecule has 2 bridgehead atoms. The fraction of sp³-hybridized carbons (Fsp3) is 0.381. The van der Waals surface area contributed by atoms with Crippen LogP contribution in [0.15, 0.2) is 48.7 Å². The van der Waals surface area contributed by atoms with Crippen molar-refractivity contribution in [3.63, 3.8) is 0 Å². The summed E-state index contributed by atoms with van der Waals surface area (Å²) in [5, 5.41) is 20.4. The lowest BCUT2D eigenvalue weighted by atomic mass is 9.79. The highest BCUT2D eigenvalue weighted by atomic mass is 16.6. The molecule has 2 saturated heterocycles. The number of amides is 1. The number of benzene rings is 1. The first kappa shape index (κ1) is 18.4. The third kappa shape index (κ3) is 3.57. The predicted molar refractivity (Wildman–Crippen MR) is 98.9 cm³/mol. The van der Waals surface area contributed by atoms with E-state index in [9.17, 15) is 9.90 Å². The standard InChI is InChI=1S/C21H21N3O4/c22-11-16-6-7-23-19(8-16)21(26)9-17-13-27-14-18(10-21)24(17)20(25)28-12-15-4-2-1-3-5-15/h1-8,17-18,26H,9-10,12-14H2. The van der Waals surface area contributed by atoms with Gasteiger partial charge in [-0.15, -0.1) is 0 Å². The van der Waals surface area contributed by atoms with Crippen molar-refractivity contribution < 1.29 is 19.4 Å². The number of carbonyl (C=O) groups is 1. The van der Waals surface area contributed by atoms with Crippen molar-refractivity contribution in [2.45, 2.75) is 37.1 Å². The number of nitriles is 1. The van der Waals surface area contributed by atoms with E-state index in [4.69, 9.17) is 14.7 Å². The van der Waals surface area contributed by atoms with Crippen LogP contribution in [-0.2, 0) is 21.7 Å². The van der Waals surface area contributed by atoms with Gasteiger partial charge in [0.15, 0.2) is 0 Å². The minimum absolute atomic E-state index is 0.201. The van der Waals surface area contributed by atoms with Crippen molar-refractivity contribution in [2.24, 2.45) is 0 Å². The van der Waals surface area contributed by atoms with Gasteiger partial charge in [-0.2, -0.15) is 5.26 Å². The van der Waals surface area contributed by atoms with Crippen LogP contribution < -0.4 is 0 Å². The highest BCUT2D eigenvalue weighted by molar-refractivity contribution is 5.69. The first-order chi connectivity index (χ1) is 13.6. The van der Waals surface area contributed by atoms with Crippen LogP contribution in [0.3, 0.4) is 0 Å². The van der Waals surface area contributed by atoms with Crippen LogP contribution in [0.5, 0.6) is 0 Å². The van der Waals surface area contributed by atoms with Crippen LogP contribution in [0.2, 0.25) is 0 Å². The van der Waals surface area contributed by atoms with Gasteiger partial charge in [-0.25, -0.2) is 4.79 Å². The number of hydrogen-bond donors (Lipinski definition) is 1. The zero-order valence-corrected chi connectivity index (χ0v) is 15.3. The largest absolute Gasteiger partial charge is 0.445 e. The number of fused-ring (bicyclic) bond motifs is 2. The van der Waals surface area contributed by atoms with E-state index in [1.54, 1.807) is 17.0 Å². The Morgan fingerprint density at radius 2 is 2.00 bits per heavy atom. The zero-order chi connectivity index (χ0) is 19.6. The minimum Gasteiger partial charge on any atom is -0.445 e. The Bertz CT molecular complexity index is 882. The first-order valence-electron chi connectivity index (χ1n) is 9.25. The fourth-order valence-corrected chi connectivity index (χ4v) is 4.03. The second kappa shape index (κ2) is 7.58. The lowest BCUT2D eigenvalue weighted by molar-refractivity contribution is -0.138. The fourth-order valence-electron chi connectivity index (χ4n) is 4.03. The van der Waals surface area contributed by atoms with E-state index in [0.717, 1.165) is 5.56 Å². The molecular formula is C21H21N3O4. The van der Waals surface area contributed by atoms with Gasteiger partial charge in [-0.3, -0.25) is 9.88 Å². The molecule has 7 heteroatoms. The van der Waals surface area contributed by atoms with Crippen LogP contribution in [-0.4, -0.2) is 46.4 Å². The molecule has 2 atom stereocenters. The highest BCUT2D eigenvalue weighted by Gasteiger charge is 2.50. The number of aromatic nitrogens is 1. The summed E-state index contributed by atoms with van der Waals surface area (Å²) < 4.78 is 11.1. The summed E-state index contributed by atoms with van der Waals surface area (Å²) in [5.74, 6) is 0.